The van der Waals surface area contributed by atoms with Crippen LogP contribution in [-0.4, -0.2) is 43.5 Å². The van der Waals surface area contributed by atoms with Crippen molar-refractivity contribution < 1.29 is 23.1 Å². The molecule has 0 aromatic heterocycles. The van der Waals surface area contributed by atoms with Crippen LogP contribution in [0.2, 0.25) is 0 Å². The Kier molecular flexibility index (Phi) is 4.53. The Morgan fingerprint density at radius 3 is 2.38 bits per heavy atom. The quantitative estimate of drug-likeness (QED) is 0.859. The van der Waals surface area contributed by atoms with E-state index in [0.717, 1.165) is 0 Å². The van der Waals surface area contributed by atoms with E-state index in [1.54, 1.807) is 12.1 Å². The van der Waals surface area contributed by atoms with Gasteiger partial charge in [0.1, 0.15) is 5.75 Å². The number of carboxylic acid groups (broad SMARTS) is 1. The molecule has 21 heavy (non-hydrogen) atoms. The predicted octanol–water partition coefficient (Wildman–Crippen LogP) is 1.43. The van der Waals surface area contributed by atoms with Crippen molar-refractivity contribution in [3.8, 4) is 5.75 Å². The number of hydrogen-bond acceptors (Lipinski definition) is 4. The Morgan fingerprint density at radius 2 is 1.90 bits per heavy atom. The van der Waals surface area contributed by atoms with Crippen LogP contribution < -0.4 is 4.74 Å². The number of hydrogen-bond donors (Lipinski definition) is 1. The molecule has 0 spiro atoms. The van der Waals surface area contributed by atoms with Crippen LogP contribution in [-0.2, 0) is 14.8 Å². The fourth-order valence-electron chi connectivity index (χ4n) is 1.91. The van der Waals surface area contributed by atoms with Gasteiger partial charge in [0.25, 0.3) is 0 Å². The molecule has 1 heterocycles. The number of carboxylic acids is 1. The van der Waals surface area contributed by atoms with Gasteiger partial charge in [0.2, 0.25) is 10.0 Å². The molecule has 1 N–H and O–H groups in total. The lowest BCUT2D eigenvalue weighted by Crippen LogP contribution is -2.52. The van der Waals surface area contributed by atoms with Crippen LogP contribution in [0.25, 0.3) is 0 Å². The molecular weight excluding hydrogens is 294 g/mol. The van der Waals surface area contributed by atoms with Crippen LogP contribution >= 0.6 is 0 Å². The number of rotatable bonds is 6. The largest absolute Gasteiger partial charge is 0.493 e. The van der Waals surface area contributed by atoms with Crippen molar-refractivity contribution in [2.24, 2.45) is 11.8 Å². The van der Waals surface area contributed by atoms with Gasteiger partial charge in [-0.15, -0.1) is 0 Å². The van der Waals surface area contributed by atoms with Crippen molar-refractivity contribution in [2.45, 2.75) is 18.7 Å². The normalized spacial score (nSPS) is 16.7. The molecule has 7 heteroatoms. The molecule has 6 nitrogen and oxygen atoms in total. The SMILES string of the molecule is CC(C)COc1ccc(S(=O)(=O)N2CC(C(=O)O)C2)cc1. The molecule has 0 saturated carbocycles. The monoisotopic (exact) mass is 313 g/mol. The van der Waals surface area contributed by atoms with Gasteiger partial charge in [0.05, 0.1) is 17.4 Å². The molecule has 1 aromatic rings. The molecular formula is C14H19NO5S. The van der Waals surface area contributed by atoms with Gasteiger partial charge in [-0.2, -0.15) is 4.31 Å². The van der Waals surface area contributed by atoms with Crippen LogP contribution in [0.1, 0.15) is 13.8 Å². The Balaban J connectivity index is 2.03. The highest BCUT2D eigenvalue weighted by atomic mass is 32.2. The van der Waals surface area contributed by atoms with Gasteiger partial charge < -0.3 is 9.84 Å². The summed E-state index contributed by atoms with van der Waals surface area (Å²) in [6, 6.07) is 6.20. The minimum Gasteiger partial charge on any atom is -0.493 e. The Labute approximate surface area is 124 Å². The van der Waals surface area contributed by atoms with E-state index < -0.39 is 21.9 Å². The van der Waals surface area contributed by atoms with Crippen molar-refractivity contribution >= 4 is 16.0 Å². The topological polar surface area (TPSA) is 83.9 Å². The highest BCUT2D eigenvalue weighted by Gasteiger charge is 2.40. The van der Waals surface area contributed by atoms with Crippen LogP contribution in [0.15, 0.2) is 29.2 Å². The summed E-state index contributed by atoms with van der Waals surface area (Å²) in [5.74, 6) is -0.551. The van der Waals surface area contributed by atoms with E-state index in [1.807, 2.05) is 13.8 Å². The van der Waals surface area contributed by atoms with Crippen molar-refractivity contribution in [3.63, 3.8) is 0 Å². The van der Waals surface area contributed by atoms with Gasteiger partial charge in [-0.3, -0.25) is 4.79 Å². The lowest BCUT2D eigenvalue weighted by Gasteiger charge is -2.35. The first-order valence-electron chi connectivity index (χ1n) is 6.76. The van der Waals surface area contributed by atoms with Gasteiger partial charge in [-0.25, -0.2) is 8.42 Å². The van der Waals surface area contributed by atoms with Gasteiger partial charge in [0.15, 0.2) is 0 Å². The van der Waals surface area contributed by atoms with Crippen molar-refractivity contribution in [2.75, 3.05) is 19.7 Å². The molecule has 1 aliphatic heterocycles. The van der Waals surface area contributed by atoms with E-state index in [0.29, 0.717) is 18.3 Å². The summed E-state index contributed by atoms with van der Waals surface area (Å²) in [4.78, 5) is 10.9. The molecule has 1 aliphatic rings. The zero-order valence-electron chi connectivity index (χ0n) is 12.0. The first kappa shape index (κ1) is 15.8. The summed E-state index contributed by atoms with van der Waals surface area (Å²) >= 11 is 0. The lowest BCUT2D eigenvalue weighted by molar-refractivity contribution is -0.145. The summed E-state index contributed by atoms with van der Waals surface area (Å²) in [6.45, 7) is 4.69. The van der Waals surface area contributed by atoms with E-state index in [4.69, 9.17) is 9.84 Å². The molecule has 0 bridgehead atoms. The Bertz CT molecular complexity index is 603. The lowest BCUT2D eigenvalue weighted by atomic mass is 10.0. The van der Waals surface area contributed by atoms with Gasteiger partial charge in [0, 0.05) is 13.1 Å². The molecule has 2 rings (SSSR count). The van der Waals surface area contributed by atoms with E-state index in [-0.39, 0.29) is 18.0 Å². The molecule has 1 aromatic carbocycles. The van der Waals surface area contributed by atoms with Crippen molar-refractivity contribution in [1.82, 2.24) is 4.31 Å². The first-order valence-corrected chi connectivity index (χ1v) is 8.20. The fraction of sp³-hybridized carbons (Fsp3) is 0.500. The zero-order chi connectivity index (χ0) is 15.6. The van der Waals surface area contributed by atoms with Gasteiger partial charge in [-0.05, 0) is 30.2 Å². The number of nitrogens with zero attached hydrogens (tertiary/aromatic N) is 1. The molecule has 1 saturated heterocycles. The Morgan fingerprint density at radius 1 is 1.33 bits per heavy atom. The van der Waals surface area contributed by atoms with E-state index in [2.05, 4.69) is 0 Å². The predicted molar refractivity (Wildman–Crippen MR) is 76.7 cm³/mol. The van der Waals surface area contributed by atoms with Gasteiger partial charge >= 0.3 is 5.97 Å². The van der Waals surface area contributed by atoms with E-state index in [9.17, 15) is 13.2 Å². The third-order valence-corrected chi connectivity index (χ3v) is 5.09. The number of carbonyl (C=O) groups is 1. The summed E-state index contributed by atoms with van der Waals surface area (Å²) in [7, 11) is -3.60. The summed E-state index contributed by atoms with van der Waals surface area (Å²) in [5.41, 5.74) is 0. The second-order valence-corrected chi connectivity index (χ2v) is 7.47. The summed E-state index contributed by atoms with van der Waals surface area (Å²) in [5, 5.41) is 8.79. The fourth-order valence-corrected chi connectivity index (χ4v) is 3.44. The number of aliphatic carboxylic acids is 1. The molecule has 0 radical (unpaired) electrons. The standard InChI is InChI=1S/C14H19NO5S/c1-10(2)9-20-12-3-5-13(6-4-12)21(18,19)15-7-11(8-15)14(16)17/h3-6,10-11H,7-9H2,1-2H3,(H,16,17). The smallest absolute Gasteiger partial charge is 0.309 e. The Hall–Kier alpha value is -1.60. The minimum absolute atomic E-state index is 0.0310. The highest BCUT2D eigenvalue weighted by molar-refractivity contribution is 7.89. The molecule has 116 valence electrons. The van der Waals surface area contributed by atoms with Crippen LogP contribution in [0.5, 0.6) is 5.75 Å². The zero-order valence-corrected chi connectivity index (χ0v) is 12.8. The molecule has 0 amide bonds. The highest BCUT2D eigenvalue weighted by Crippen LogP contribution is 2.26. The first-order chi connectivity index (χ1) is 9.80. The molecule has 1 fully saturated rings. The summed E-state index contributed by atoms with van der Waals surface area (Å²) in [6.07, 6.45) is 0. The molecule has 0 atom stereocenters. The number of ether oxygens (including phenoxy) is 1. The third-order valence-electron chi connectivity index (χ3n) is 3.24. The molecule has 0 aliphatic carbocycles. The van der Waals surface area contributed by atoms with Gasteiger partial charge in [-0.1, -0.05) is 13.8 Å². The average Bonchev–Trinajstić information content (AvgIpc) is 2.34. The number of sulfonamides is 1. The maximum Gasteiger partial charge on any atom is 0.309 e. The van der Waals surface area contributed by atoms with Crippen LogP contribution in [0.3, 0.4) is 0 Å². The second kappa shape index (κ2) is 6.03. The number of benzene rings is 1. The third kappa shape index (κ3) is 3.54. The minimum atomic E-state index is -3.60. The van der Waals surface area contributed by atoms with Crippen molar-refractivity contribution in [3.05, 3.63) is 24.3 Å². The van der Waals surface area contributed by atoms with Crippen LogP contribution in [0, 0.1) is 11.8 Å². The van der Waals surface area contributed by atoms with E-state index in [1.165, 1.54) is 16.4 Å². The second-order valence-electron chi connectivity index (χ2n) is 5.53. The maximum atomic E-state index is 12.3. The van der Waals surface area contributed by atoms with Crippen LogP contribution in [0.4, 0.5) is 0 Å². The maximum absolute atomic E-state index is 12.3. The van der Waals surface area contributed by atoms with E-state index >= 15 is 0 Å². The average molecular weight is 313 g/mol. The summed E-state index contributed by atoms with van der Waals surface area (Å²) < 4.78 is 31.2. The van der Waals surface area contributed by atoms with Crippen molar-refractivity contribution in [1.29, 1.82) is 0 Å². The molecule has 0 unspecified atom stereocenters.